The van der Waals surface area contributed by atoms with Gasteiger partial charge in [0.2, 0.25) is 21.8 Å². The molecule has 3 rings (SSSR count). The summed E-state index contributed by atoms with van der Waals surface area (Å²) in [4.78, 5) is 27.9. The number of likely N-dealkylation sites (N-methyl/N-ethyl adjacent to an activating group) is 1. The van der Waals surface area contributed by atoms with E-state index in [2.05, 4.69) is 5.32 Å². The largest absolute Gasteiger partial charge is 0.416 e. The predicted octanol–water partition coefficient (Wildman–Crippen LogP) is 4.00. The molecule has 3 aromatic carbocycles. The van der Waals surface area contributed by atoms with E-state index < -0.39 is 52.0 Å². The molecule has 0 unspecified atom stereocenters. The Labute approximate surface area is 224 Å². The lowest BCUT2D eigenvalue weighted by Gasteiger charge is -2.33. The van der Waals surface area contributed by atoms with E-state index in [1.165, 1.54) is 31.3 Å². The average molecular weight is 566 g/mol. The number of anilines is 1. The Morgan fingerprint density at radius 2 is 1.56 bits per heavy atom. The first-order valence-corrected chi connectivity index (χ1v) is 13.6. The van der Waals surface area contributed by atoms with Gasteiger partial charge in [0.1, 0.15) is 18.4 Å². The molecular weight excluding hydrogens is 538 g/mol. The maximum Gasteiger partial charge on any atom is 0.416 e. The monoisotopic (exact) mass is 565 g/mol. The number of rotatable bonds is 10. The van der Waals surface area contributed by atoms with Crippen LogP contribution < -0.4 is 9.62 Å². The molecule has 0 spiro atoms. The third-order valence-electron chi connectivity index (χ3n) is 5.92. The molecule has 1 N–H and O–H groups in total. The highest BCUT2D eigenvalue weighted by atomic mass is 32.2. The number of alkyl halides is 3. The molecule has 2 amide bonds. The second-order valence-corrected chi connectivity index (χ2v) is 10.7. The van der Waals surface area contributed by atoms with Crippen LogP contribution in [-0.2, 0) is 38.8 Å². The van der Waals surface area contributed by atoms with Crippen LogP contribution in [-0.4, -0.2) is 51.0 Å². The Hall–Kier alpha value is -3.93. The van der Waals surface area contributed by atoms with Crippen molar-refractivity contribution in [2.24, 2.45) is 0 Å². The lowest BCUT2D eigenvalue weighted by atomic mass is 10.0. The number of sulfonamides is 1. The zero-order valence-electron chi connectivity index (χ0n) is 21.2. The smallest absolute Gasteiger partial charge is 0.357 e. The standard InChI is InChI=1S/C27H27F4N3O4S/c1-32-26(36)24(15-19-7-4-3-5-8-19)33(17-20-11-13-22(28)14-12-20)25(35)18-34(39(2,37)38)23-10-6-9-21(16-23)27(29,30)31/h3-14,16,24H,15,17-18H2,1-2H3,(H,32,36)/t24-/m1/s1. The van der Waals surface area contributed by atoms with E-state index in [-0.39, 0.29) is 18.7 Å². The van der Waals surface area contributed by atoms with Crippen LogP contribution in [0.5, 0.6) is 0 Å². The zero-order chi connectivity index (χ0) is 28.8. The maximum atomic E-state index is 13.7. The molecule has 0 aliphatic carbocycles. The summed E-state index contributed by atoms with van der Waals surface area (Å²) < 4.78 is 79.3. The van der Waals surface area contributed by atoms with Crippen molar-refractivity contribution in [3.8, 4) is 0 Å². The molecule has 0 radical (unpaired) electrons. The van der Waals surface area contributed by atoms with Crippen molar-refractivity contribution in [2.75, 3.05) is 24.2 Å². The molecule has 3 aromatic rings. The van der Waals surface area contributed by atoms with Crippen LogP contribution in [0, 0.1) is 5.82 Å². The zero-order valence-corrected chi connectivity index (χ0v) is 22.0. The summed E-state index contributed by atoms with van der Waals surface area (Å²) in [6.45, 7) is -1.06. The Balaban J connectivity index is 2.04. The summed E-state index contributed by atoms with van der Waals surface area (Å²) in [5, 5.41) is 2.51. The molecule has 12 heteroatoms. The molecule has 0 aliphatic rings. The van der Waals surface area contributed by atoms with Crippen LogP contribution in [0.3, 0.4) is 0 Å². The Bertz CT molecular complexity index is 1400. The summed E-state index contributed by atoms with van der Waals surface area (Å²) in [5.41, 5.74) is -0.281. The topological polar surface area (TPSA) is 86.8 Å². The Morgan fingerprint density at radius 3 is 2.13 bits per heavy atom. The molecule has 0 saturated carbocycles. The Morgan fingerprint density at radius 1 is 0.923 bits per heavy atom. The molecule has 1 atom stereocenters. The Kier molecular flexibility index (Phi) is 9.33. The molecule has 208 valence electrons. The number of carbonyl (C=O) groups excluding carboxylic acids is 2. The molecule has 0 bridgehead atoms. The van der Waals surface area contributed by atoms with Gasteiger partial charge in [-0.1, -0.05) is 48.5 Å². The minimum absolute atomic E-state index is 0.0654. The third-order valence-corrected chi connectivity index (χ3v) is 7.06. The predicted molar refractivity (Wildman–Crippen MR) is 139 cm³/mol. The van der Waals surface area contributed by atoms with Gasteiger partial charge in [-0.25, -0.2) is 12.8 Å². The van der Waals surface area contributed by atoms with E-state index in [4.69, 9.17) is 0 Å². The third kappa shape index (κ3) is 8.03. The van der Waals surface area contributed by atoms with E-state index >= 15 is 0 Å². The summed E-state index contributed by atoms with van der Waals surface area (Å²) in [6, 6.07) is 16.5. The van der Waals surface area contributed by atoms with Gasteiger partial charge in [-0.3, -0.25) is 13.9 Å². The van der Waals surface area contributed by atoms with Crippen molar-refractivity contribution in [1.29, 1.82) is 0 Å². The lowest BCUT2D eigenvalue weighted by Crippen LogP contribution is -2.52. The number of hydrogen-bond donors (Lipinski definition) is 1. The fraction of sp³-hybridized carbons (Fsp3) is 0.259. The van der Waals surface area contributed by atoms with Crippen molar-refractivity contribution in [1.82, 2.24) is 10.2 Å². The highest BCUT2D eigenvalue weighted by molar-refractivity contribution is 7.92. The maximum absolute atomic E-state index is 13.7. The second-order valence-electron chi connectivity index (χ2n) is 8.79. The average Bonchev–Trinajstić information content (AvgIpc) is 2.89. The number of amides is 2. The summed E-state index contributed by atoms with van der Waals surface area (Å²) in [7, 11) is -2.85. The first-order valence-electron chi connectivity index (χ1n) is 11.7. The van der Waals surface area contributed by atoms with E-state index in [9.17, 15) is 35.6 Å². The summed E-state index contributed by atoms with van der Waals surface area (Å²) in [6.07, 6.45) is -3.90. The molecule has 0 saturated heterocycles. The summed E-state index contributed by atoms with van der Waals surface area (Å²) in [5.74, 6) is -1.90. The lowest BCUT2D eigenvalue weighted by molar-refractivity contribution is -0.139. The van der Waals surface area contributed by atoms with Crippen LogP contribution in [0.1, 0.15) is 16.7 Å². The van der Waals surface area contributed by atoms with E-state index in [0.29, 0.717) is 21.5 Å². The fourth-order valence-electron chi connectivity index (χ4n) is 3.96. The molecule has 0 fully saturated rings. The van der Waals surface area contributed by atoms with Crippen molar-refractivity contribution in [3.63, 3.8) is 0 Å². The van der Waals surface area contributed by atoms with Gasteiger partial charge < -0.3 is 10.2 Å². The molecule has 0 heterocycles. The van der Waals surface area contributed by atoms with Crippen molar-refractivity contribution in [2.45, 2.75) is 25.2 Å². The van der Waals surface area contributed by atoms with Crippen LogP contribution in [0.15, 0.2) is 78.9 Å². The number of nitrogens with one attached hydrogen (secondary N) is 1. The number of halogens is 4. The van der Waals surface area contributed by atoms with Gasteiger partial charge in [-0.2, -0.15) is 13.2 Å². The summed E-state index contributed by atoms with van der Waals surface area (Å²) >= 11 is 0. The number of carbonyl (C=O) groups is 2. The van der Waals surface area contributed by atoms with E-state index in [1.54, 1.807) is 30.3 Å². The first-order chi connectivity index (χ1) is 18.3. The van der Waals surface area contributed by atoms with Gasteiger partial charge in [0.05, 0.1) is 17.5 Å². The van der Waals surface area contributed by atoms with Crippen LogP contribution in [0.2, 0.25) is 0 Å². The first kappa shape index (κ1) is 29.6. The molecule has 7 nitrogen and oxygen atoms in total. The number of hydrogen-bond acceptors (Lipinski definition) is 4. The molecule has 39 heavy (non-hydrogen) atoms. The molecule has 0 aromatic heterocycles. The molecule has 0 aliphatic heterocycles. The van der Waals surface area contributed by atoms with E-state index in [1.807, 2.05) is 0 Å². The highest BCUT2D eigenvalue weighted by Gasteiger charge is 2.34. The van der Waals surface area contributed by atoms with Gasteiger partial charge in [0.25, 0.3) is 0 Å². The normalized spacial score (nSPS) is 12.5. The fourth-order valence-corrected chi connectivity index (χ4v) is 4.80. The van der Waals surface area contributed by atoms with Gasteiger partial charge in [-0.05, 0) is 41.5 Å². The van der Waals surface area contributed by atoms with Crippen molar-refractivity contribution >= 4 is 27.5 Å². The highest BCUT2D eigenvalue weighted by Crippen LogP contribution is 2.32. The van der Waals surface area contributed by atoms with Gasteiger partial charge >= 0.3 is 6.18 Å². The molecular formula is C27H27F4N3O4S. The van der Waals surface area contributed by atoms with E-state index in [0.717, 1.165) is 29.4 Å². The second kappa shape index (κ2) is 12.3. The minimum Gasteiger partial charge on any atom is -0.357 e. The number of benzene rings is 3. The van der Waals surface area contributed by atoms with Gasteiger partial charge in [-0.15, -0.1) is 0 Å². The SMILES string of the molecule is CNC(=O)[C@@H](Cc1ccccc1)N(Cc1ccc(F)cc1)C(=O)CN(c1cccc(C(F)(F)F)c1)S(C)(=O)=O. The van der Waals surface area contributed by atoms with Crippen LogP contribution in [0.25, 0.3) is 0 Å². The van der Waals surface area contributed by atoms with Gasteiger partial charge in [0.15, 0.2) is 0 Å². The van der Waals surface area contributed by atoms with Crippen molar-refractivity contribution in [3.05, 3.63) is 101 Å². The quantitative estimate of drug-likeness (QED) is 0.377. The minimum atomic E-state index is -4.74. The van der Waals surface area contributed by atoms with Gasteiger partial charge in [0, 0.05) is 20.0 Å². The van der Waals surface area contributed by atoms with Crippen molar-refractivity contribution < 1.29 is 35.6 Å². The van der Waals surface area contributed by atoms with Crippen LogP contribution >= 0.6 is 0 Å². The van der Waals surface area contributed by atoms with Crippen LogP contribution in [0.4, 0.5) is 23.2 Å². The number of nitrogens with zero attached hydrogens (tertiary/aromatic N) is 2.